The zero-order chi connectivity index (χ0) is 13.6. The van der Waals surface area contributed by atoms with Crippen molar-refractivity contribution in [3.63, 3.8) is 0 Å². The maximum atomic E-state index is 11.9. The molecule has 1 rings (SSSR count). The van der Waals surface area contributed by atoms with E-state index in [1.54, 1.807) is 24.3 Å². The van der Waals surface area contributed by atoms with Crippen LogP contribution in [-0.4, -0.2) is 26.2 Å². The lowest BCUT2D eigenvalue weighted by Crippen LogP contribution is -2.32. The summed E-state index contributed by atoms with van der Waals surface area (Å²) in [6.07, 6.45) is 1.88. The molecule has 0 fully saturated rings. The third-order valence-corrected chi connectivity index (χ3v) is 4.17. The Hall–Kier alpha value is -0.910. The van der Waals surface area contributed by atoms with Gasteiger partial charge in [-0.05, 0) is 25.5 Å². The van der Waals surface area contributed by atoms with Crippen molar-refractivity contribution in [2.45, 2.75) is 44.1 Å². The molecule has 18 heavy (non-hydrogen) atoms. The Balaban J connectivity index is 2.57. The molecule has 2 N–H and O–H groups in total. The van der Waals surface area contributed by atoms with Crippen LogP contribution in [0.25, 0.3) is 0 Å². The molecule has 0 unspecified atom stereocenters. The molecule has 0 aliphatic rings. The summed E-state index contributed by atoms with van der Waals surface area (Å²) in [6.45, 7) is 4.00. The summed E-state index contributed by atoms with van der Waals surface area (Å²) in [5.74, 6) is 0. The van der Waals surface area contributed by atoms with Gasteiger partial charge in [0.1, 0.15) is 0 Å². The Morgan fingerprint density at radius 3 is 2.44 bits per heavy atom. The molecule has 0 heterocycles. The molecule has 0 saturated heterocycles. The Morgan fingerprint density at radius 1 is 1.28 bits per heavy atom. The lowest BCUT2D eigenvalue weighted by molar-refractivity contribution is 0.165. The van der Waals surface area contributed by atoms with Crippen molar-refractivity contribution in [3.05, 3.63) is 29.8 Å². The highest BCUT2D eigenvalue weighted by atomic mass is 32.2. The van der Waals surface area contributed by atoms with Gasteiger partial charge < -0.3 is 5.11 Å². The van der Waals surface area contributed by atoms with Crippen LogP contribution in [0.2, 0.25) is 0 Å². The predicted octanol–water partition coefficient (Wildman–Crippen LogP) is 1.82. The second-order valence-electron chi connectivity index (χ2n) is 4.46. The van der Waals surface area contributed by atoms with Gasteiger partial charge in [0.15, 0.2) is 0 Å². The molecule has 0 aliphatic heterocycles. The Labute approximate surface area is 109 Å². The Morgan fingerprint density at radius 2 is 1.89 bits per heavy atom. The molecule has 1 atom stereocenters. The predicted molar refractivity (Wildman–Crippen MR) is 71.9 cm³/mol. The van der Waals surface area contributed by atoms with Crippen LogP contribution in [0.3, 0.4) is 0 Å². The van der Waals surface area contributed by atoms with E-state index in [4.69, 9.17) is 0 Å². The zero-order valence-electron chi connectivity index (χ0n) is 10.9. The Bertz CT molecular complexity index is 454. The SMILES string of the molecule is CCCC[C@@H](O)CNS(=O)(=O)c1ccc(C)cc1. The summed E-state index contributed by atoms with van der Waals surface area (Å²) >= 11 is 0. The van der Waals surface area contributed by atoms with Gasteiger partial charge in [0.05, 0.1) is 11.0 Å². The molecule has 0 amide bonds. The van der Waals surface area contributed by atoms with Crippen molar-refractivity contribution in [1.82, 2.24) is 4.72 Å². The van der Waals surface area contributed by atoms with Gasteiger partial charge in [-0.25, -0.2) is 13.1 Å². The van der Waals surface area contributed by atoms with Gasteiger partial charge >= 0.3 is 0 Å². The number of sulfonamides is 1. The number of hydrogen-bond donors (Lipinski definition) is 2. The number of benzene rings is 1. The maximum Gasteiger partial charge on any atom is 0.240 e. The third kappa shape index (κ3) is 4.76. The molecule has 0 aromatic heterocycles. The van der Waals surface area contributed by atoms with Gasteiger partial charge in [-0.3, -0.25) is 0 Å². The maximum absolute atomic E-state index is 11.9. The van der Waals surface area contributed by atoms with Gasteiger partial charge in [0, 0.05) is 6.54 Å². The summed E-state index contributed by atoms with van der Waals surface area (Å²) in [5.41, 5.74) is 1.01. The summed E-state index contributed by atoms with van der Waals surface area (Å²) in [7, 11) is -3.51. The highest BCUT2D eigenvalue weighted by Crippen LogP contribution is 2.10. The average Bonchev–Trinajstić information content (AvgIpc) is 2.34. The molecular weight excluding hydrogens is 250 g/mol. The lowest BCUT2D eigenvalue weighted by Gasteiger charge is -2.11. The van der Waals surface area contributed by atoms with Gasteiger partial charge in [-0.1, -0.05) is 37.5 Å². The number of nitrogens with one attached hydrogen (secondary N) is 1. The molecule has 4 nitrogen and oxygen atoms in total. The summed E-state index contributed by atoms with van der Waals surface area (Å²) in [6, 6.07) is 6.64. The zero-order valence-corrected chi connectivity index (χ0v) is 11.7. The van der Waals surface area contributed by atoms with Gasteiger partial charge in [0.2, 0.25) is 10.0 Å². The van der Waals surface area contributed by atoms with Crippen LogP contribution in [0.1, 0.15) is 31.7 Å². The first kappa shape index (κ1) is 15.1. The van der Waals surface area contributed by atoms with Crippen molar-refractivity contribution in [3.8, 4) is 0 Å². The molecule has 0 radical (unpaired) electrons. The van der Waals surface area contributed by atoms with Crippen molar-refractivity contribution in [2.75, 3.05) is 6.54 Å². The van der Waals surface area contributed by atoms with Crippen LogP contribution in [0.5, 0.6) is 0 Å². The van der Waals surface area contributed by atoms with Crippen molar-refractivity contribution in [2.24, 2.45) is 0 Å². The van der Waals surface area contributed by atoms with Gasteiger partial charge in [-0.15, -0.1) is 0 Å². The van der Waals surface area contributed by atoms with Crippen molar-refractivity contribution >= 4 is 10.0 Å². The van der Waals surface area contributed by atoms with E-state index in [1.165, 1.54) is 0 Å². The summed E-state index contributed by atoms with van der Waals surface area (Å²) < 4.78 is 26.2. The smallest absolute Gasteiger partial charge is 0.240 e. The largest absolute Gasteiger partial charge is 0.392 e. The number of hydrogen-bond acceptors (Lipinski definition) is 3. The molecule has 0 saturated carbocycles. The van der Waals surface area contributed by atoms with Crippen LogP contribution in [0.15, 0.2) is 29.2 Å². The average molecular weight is 271 g/mol. The minimum atomic E-state index is -3.51. The first-order chi connectivity index (χ1) is 8.45. The first-order valence-corrected chi connectivity index (χ1v) is 7.68. The Kier molecular flexibility index (Phi) is 5.78. The van der Waals surface area contributed by atoms with E-state index in [0.717, 1.165) is 18.4 Å². The topological polar surface area (TPSA) is 66.4 Å². The fourth-order valence-corrected chi connectivity index (χ4v) is 2.62. The minimum Gasteiger partial charge on any atom is -0.392 e. The van der Waals surface area contributed by atoms with Gasteiger partial charge in [0.25, 0.3) is 0 Å². The van der Waals surface area contributed by atoms with Crippen LogP contribution in [0.4, 0.5) is 0 Å². The van der Waals surface area contributed by atoms with E-state index >= 15 is 0 Å². The normalized spacial score (nSPS) is 13.5. The van der Waals surface area contributed by atoms with Crippen molar-refractivity contribution < 1.29 is 13.5 Å². The second-order valence-corrected chi connectivity index (χ2v) is 6.23. The first-order valence-electron chi connectivity index (χ1n) is 6.20. The fourth-order valence-electron chi connectivity index (χ4n) is 1.55. The second kappa shape index (κ2) is 6.87. The fraction of sp³-hybridized carbons (Fsp3) is 0.538. The standard InChI is InChI=1S/C13H21NO3S/c1-3-4-5-12(15)10-14-18(16,17)13-8-6-11(2)7-9-13/h6-9,12,14-15H,3-5,10H2,1-2H3/t12-/m1/s1. The molecule has 0 spiro atoms. The van der Waals surface area contributed by atoms with Crippen LogP contribution in [0, 0.1) is 6.92 Å². The quantitative estimate of drug-likeness (QED) is 0.795. The van der Waals surface area contributed by atoms with Crippen LogP contribution in [-0.2, 0) is 10.0 Å². The van der Waals surface area contributed by atoms with Crippen LogP contribution < -0.4 is 4.72 Å². The van der Waals surface area contributed by atoms with Gasteiger partial charge in [-0.2, -0.15) is 0 Å². The molecule has 102 valence electrons. The van der Waals surface area contributed by atoms with E-state index in [-0.39, 0.29) is 11.4 Å². The molecule has 0 bridgehead atoms. The molecule has 5 heteroatoms. The molecule has 1 aromatic carbocycles. The molecule has 0 aliphatic carbocycles. The monoisotopic (exact) mass is 271 g/mol. The third-order valence-electron chi connectivity index (χ3n) is 2.73. The molecular formula is C13H21NO3S. The highest BCUT2D eigenvalue weighted by molar-refractivity contribution is 7.89. The van der Waals surface area contributed by atoms with Crippen LogP contribution >= 0.6 is 0 Å². The number of aliphatic hydroxyl groups excluding tert-OH is 1. The molecule has 1 aromatic rings. The summed E-state index contributed by atoms with van der Waals surface area (Å²) in [5, 5.41) is 9.61. The number of aliphatic hydroxyl groups is 1. The van der Waals surface area contributed by atoms with E-state index in [9.17, 15) is 13.5 Å². The van der Waals surface area contributed by atoms with E-state index in [2.05, 4.69) is 4.72 Å². The van der Waals surface area contributed by atoms with E-state index in [0.29, 0.717) is 6.42 Å². The number of aryl methyl sites for hydroxylation is 1. The summed E-state index contributed by atoms with van der Waals surface area (Å²) in [4.78, 5) is 0.232. The number of unbranched alkanes of at least 4 members (excludes halogenated alkanes) is 1. The van der Waals surface area contributed by atoms with E-state index < -0.39 is 16.1 Å². The van der Waals surface area contributed by atoms with Crippen molar-refractivity contribution in [1.29, 1.82) is 0 Å². The number of rotatable bonds is 7. The lowest BCUT2D eigenvalue weighted by atomic mass is 10.2. The highest BCUT2D eigenvalue weighted by Gasteiger charge is 2.15. The minimum absolute atomic E-state index is 0.0657. The van der Waals surface area contributed by atoms with E-state index in [1.807, 2.05) is 13.8 Å².